The Hall–Kier alpha value is -1.53. The van der Waals surface area contributed by atoms with Crippen molar-refractivity contribution in [3.8, 4) is 0 Å². The number of carbonyl (C=O) groups excluding carboxylic acids is 1. The highest BCUT2D eigenvalue weighted by atomic mass is 35.5. The molecular formula is C9H7ClN4OS. The molecular weight excluding hydrogens is 248 g/mol. The summed E-state index contributed by atoms with van der Waals surface area (Å²) in [5.41, 5.74) is 2.32. The van der Waals surface area contributed by atoms with Gasteiger partial charge in [-0.15, -0.1) is 21.5 Å². The molecule has 7 heteroatoms. The first-order valence-corrected chi connectivity index (χ1v) is 5.63. The summed E-state index contributed by atoms with van der Waals surface area (Å²) in [6.07, 6.45) is 0. The number of thiazole rings is 1. The monoisotopic (exact) mass is 254 g/mol. The smallest absolute Gasteiger partial charge is 0.268 e. The number of amides is 1. The van der Waals surface area contributed by atoms with Gasteiger partial charge < -0.3 is 5.32 Å². The fraction of sp³-hybridized carbons (Fsp3) is 0.111. The van der Waals surface area contributed by atoms with Crippen molar-refractivity contribution >= 4 is 34.7 Å². The molecule has 0 saturated carbocycles. The lowest BCUT2D eigenvalue weighted by Gasteiger charge is -2.01. The van der Waals surface area contributed by atoms with Crippen LogP contribution in [-0.4, -0.2) is 21.1 Å². The molecule has 0 aliphatic rings. The number of aromatic nitrogens is 3. The average Bonchev–Trinajstić information content (AvgIpc) is 2.68. The van der Waals surface area contributed by atoms with Gasteiger partial charge in [-0.25, -0.2) is 4.98 Å². The van der Waals surface area contributed by atoms with Crippen LogP contribution in [-0.2, 0) is 0 Å². The summed E-state index contributed by atoms with van der Waals surface area (Å²) in [7, 11) is 0. The Bertz CT molecular complexity index is 510. The Kier molecular flexibility index (Phi) is 3.12. The minimum atomic E-state index is -0.239. The van der Waals surface area contributed by atoms with Crippen molar-refractivity contribution < 1.29 is 4.79 Å². The Morgan fingerprint density at radius 1 is 1.44 bits per heavy atom. The molecule has 0 fully saturated rings. The Labute approximate surface area is 101 Å². The second kappa shape index (κ2) is 4.54. The number of nitrogens with zero attached hydrogens (tertiary/aromatic N) is 3. The van der Waals surface area contributed by atoms with Crippen LogP contribution in [0.4, 0.5) is 5.82 Å². The predicted octanol–water partition coefficient (Wildman–Crippen LogP) is 2.15. The number of carbonyl (C=O) groups is 1. The van der Waals surface area contributed by atoms with Gasteiger partial charge >= 0.3 is 0 Å². The highest BCUT2D eigenvalue weighted by Crippen LogP contribution is 2.14. The first-order chi connectivity index (χ1) is 7.66. The van der Waals surface area contributed by atoms with E-state index in [2.05, 4.69) is 20.5 Å². The maximum Gasteiger partial charge on any atom is 0.268 e. The summed E-state index contributed by atoms with van der Waals surface area (Å²) in [5.74, 6) is 0.124. The van der Waals surface area contributed by atoms with Crippen LogP contribution in [0.25, 0.3) is 0 Å². The normalized spacial score (nSPS) is 10.1. The van der Waals surface area contributed by atoms with Crippen LogP contribution in [0, 0.1) is 6.92 Å². The summed E-state index contributed by atoms with van der Waals surface area (Å²) >= 11 is 6.86. The number of rotatable bonds is 2. The quantitative estimate of drug-likeness (QED) is 0.892. The van der Waals surface area contributed by atoms with Crippen LogP contribution in [0.1, 0.15) is 15.4 Å². The van der Waals surface area contributed by atoms with Gasteiger partial charge in [0.2, 0.25) is 0 Å². The molecule has 2 aromatic heterocycles. The Morgan fingerprint density at radius 2 is 2.25 bits per heavy atom. The number of anilines is 1. The number of hydrogen-bond donors (Lipinski definition) is 1. The number of aryl methyl sites for hydroxylation is 1. The van der Waals surface area contributed by atoms with Crippen molar-refractivity contribution in [3.63, 3.8) is 0 Å². The topological polar surface area (TPSA) is 67.8 Å². The Morgan fingerprint density at radius 3 is 2.81 bits per heavy atom. The maximum absolute atomic E-state index is 11.7. The van der Waals surface area contributed by atoms with E-state index >= 15 is 0 Å². The van der Waals surface area contributed by atoms with Crippen LogP contribution in [0.2, 0.25) is 5.15 Å². The summed E-state index contributed by atoms with van der Waals surface area (Å²) in [6.45, 7) is 1.78. The second-order valence-electron chi connectivity index (χ2n) is 2.96. The van der Waals surface area contributed by atoms with Crippen LogP contribution < -0.4 is 5.32 Å². The third-order valence-corrected chi connectivity index (χ3v) is 2.95. The highest BCUT2D eigenvalue weighted by Gasteiger charge is 2.12. The van der Waals surface area contributed by atoms with Gasteiger partial charge in [0.1, 0.15) is 4.88 Å². The fourth-order valence-electron chi connectivity index (χ4n) is 1.08. The van der Waals surface area contributed by atoms with Gasteiger partial charge in [0.05, 0.1) is 11.2 Å². The molecule has 0 aliphatic heterocycles. The average molecular weight is 255 g/mol. The SMILES string of the molecule is Cc1ncsc1C(=O)Nc1ccc(Cl)nn1. The summed E-state index contributed by atoms with van der Waals surface area (Å²) in [6, 6.07) is 3.15. The third-order valence-electron chi connectivity index (χ3n) is 1.83. The molecule has 0 aromatic carbocycles. The molecule has 0 unspecified atom stereocenters. The predicted molar refractivity (Wildman–Crippen MR) is 61.8 cm³/mol. The molecule has 0 atom stereocenters. The van der Waals surface area contributed by atoms with Gasteiger partial charge in [-0.2, -0.15) is 0 Å². The minimum absolute atomic E-state index is 0.239. The molecule has 2 heterocycles. The molecule has 0 spiro atoms. The molecule has 2 aromatic rings. The van der Waals surface area contributed by atoms with Gasteiger partial charge in [-0.1, -0.05) is 11.6 Å². The van der Waals surface area contributed by atoms with Crippen molar-refractivity contribution in [2.24, 2.45) is 0 Å². The fourth-order valence-corrected chi connectivity index (χ4v) is 1.87. The van der Waals surface area contributed by atoms with E-state index < -0.39 is 0 Å². The molecule has 2 rings (SSSR count). The minimum Gasteiger partial charge on any atom is -0.304 e. The molecule has 16 heavy (non-hydrogen) atoms. The molecule has 1 N–H and O–H groups in total. The van der Waals surface area contributed by atoms with Crippen molar-refractivity contribution in [2.75, 3.05) is 5.32 Å². The zero-order valence-electron chi connectivity index (χ0n) is 8.27. The molecule has 0 saturated heterocycles. The molecule has 1 amide bonds. The van der Waals surface area contributed by atoms with E-state index in [4.69, 9.17) is 11.6 Å². The number of hydrogen-bond acceptors (Lipinski definition) is 5. The van der Waals surface area contributed by atoms with Crippen LogP contribution >= 0.6 is 22.9 Å². The molecule has 0 radical (unpaired) electrons. The van der Waals surface area contributed by atoms with E-state index in [1.54, 1.807) is 24.6 Å². The number of nitrogens with one attached hydrogen (secondary N) is 1. The molecule has 82 valence electrons. The van der Waals surface area contributed by atoms with Crippen LogP contribution in [0.3, 0.4) is 0 Å². The van der Waals surface area contributed by atoms with E-state index in [1.165, 1.54) is 11.3 Å². The first kappa shape index (κ1) is 11.0. The van der Waals surface area contributed by atoms with Gasteiger partial charge in [0, 0.05) is 0 Å². The van der Waals surface area contributed by atoms with E-state index in [1.807, 2.05) is 0 Å². The van der Waals surface area contributed by atoms with Crippen molar-refractivity contribution in [3.05, 3.63) is 33.4 Å². The summed E-state index contributed by atoms with van der Waals surface area (Å²) < 4.78 is 0. The van der Waals surface area contributed by atoms with E-state index in [-0.39, 0.29) is 11.1 Å². The van der Waals surface area contributed by atoms with Gasteiger partial charge in [-0.05, 0) is 19.1 Å². The van der Waals surface area contributed by atoms with E-state index in [0.717, 1.165) is 0 Å². The molecule has 0 aliphatic carbocycles. The summed E-state index contributed by atoms with van der Waals surface area (Å²) in [4.78, 5) is 16.3. The van der Waals surface area contributed by atoms with Crippen molar-refractivity contribution in [2.45, 2.75) is 6.92 Å². The summed E-state index contributed by atoms with van der Waals surface area (Å²) in [5, 5.41) is 10.2. The number of halogens is 1. The van der Waals surface area contributed by atoms with Gasteiger partial charge in [0.25, 0.3) is 5.91 Å². The highest BCUT2D eigenvalue weighted by molar-refractivity contribution is 7.12. The lowest BCUT2D eigenvalue weighted by molar-refractivity contribution is 0.102. The first-order valence-electron chi connectivity index (χ1n) is 4.37. The van der Waals surface area contributed by atoms with Gasteiger partial charge in [-0.3, -0.25) is 4.79 Å². The lowest BCUT2D eigenvalue weighted by Crippen LogP contribution is -2.12. The Balaban J connectivity index is 2.14. The zero-order valence-corrected chi connectivity index (χ0v) is 9.84. The van der Waals surface area contributed by atoms with Gasteiger partial charge in [0.15, 0.2) is 11.0 Å². The lowest BCUT2D eigenvalue weighted by atomic mass is 10.4. The largest absolute Gasteiger partial charge is 0.304 e. The molecule has 5 nitrogen and oxygen atoms in total. The standard InChI is InChI=1S/C9H7ClN4OS/c1-5-8(16-4-11-5)9(15)12-7-3-2-6(10)13-14-7/h2-4H,1H3,(H,12,14,15). The van der Waals surface area contributed by atoms with Crippen LogP contribution in [0.15, 0.2) is 17.6 Å². The second-order valence-corrected chi connectivity index (χ2v) is 4.20. The third kappa shape index (κ3) is 2.34. The van der Waals surface area contributed by atoms with Crippen molar-refractivity contribution in [1.29, 1.82) is 0 Å². The van der Waals surface area contributed by atoms with Crippen molar-refractivity contribution in [1.82, 2.24) is 15.2 Å². The van der Waals surface area contributed by atoms with E-state index in [9.17, 15) is 4.79 Å². The molecule has 0 bridgehead atoms. The van der Waals surface area contributed by atoms with Crippen LogP contribution in [0.5, 0.6) is 0 Å². The van der Waals surface area contributed by atoms with E-state index in [0.29, 0.717) is 16.4 Å². The maximum atomic E-state index is 11.7. The zero-order chi connectivity index (χ0) is 11.5.